The molecule has 3 unspecified atom stereocenters. The standard InChI is InChI=1S/C27H41NO8/c1-6-8-10-12-23(30)35-21-15-14-20(16-22(21)36-24(31)13-11-9-7-2)25(26(28)27(32)33)17(3)18(4)34-19(5)29/h14-18,25-26H,6-13,28H2,1-5H3,(H,32,33)/t17?,18?,25?,26-/m0/s1. The second kappa shape index (κ2) is 15.9. The van der Waals surface area contributed by atoms with Crippen molar-refractivity contribution in [1.29, 1.82) is 0 Å². The van der Waals surface area contributed by atoms with E-state index in [2.05, 4.69) is 0 Å². The summed E-state index contributed by atoms with van der Waals surface area (Å²) in [7, 11) is 0. The van der Waals surface area contributed by atoms with Gasteiger partial charge in [0, 0.05) is 31.6 Å². The number of carbonyl (C=O) groups excluding carboxylic acids is 3. The SMILES string of the molecule is CCCCCC(=O)Oc1ccc(C(C(C)C(C)OC(C)=O)[C@H](N)C(=O)O)cc1OC(=O)CCCCC. The Balaban J connectivity index is 3.36. The highest BCUT2D eigenvalue weighted by molar-refractivity contribution is 5.77. The van der Waals surface area contributed by atoms with Crippen LogP contribution in [0.15, 0.2) is 18.2 Å². The zero-order chi connectivity index (χ0) is 27.3. The Morgan fingerprint density at radius 1 is 0.889 bits per heavy atom. The Bertz CT molecular complexity index is 885. The third-order valence-corrected chi connectivity index (χ3v) is 6.10. The molecule has 0 aliphatic carbocycles. The number of hydrogen-bond donors (Lipinski definition) is 2. The summed E-state index contributed by atoms with van der Waals surface area (Å²) >= 11 is 0. The molecule has 4 atom stereocenters. The van der Waals surface area contributed by atoms with Crippen LogP contribution in [0.1, 0.15) is 97.5 Å². The summed E-state index contributed by atoms with van der Waals surface area (Å²) in [5.41, 5.74) is 6.51. The number of carboxylic acids is 1. The van der Waals surface area contributed by atoms with Gasteiger partial charge in [-0.05, 0) is 37.5 Å². The fraction of sp³-hybridized carbons (Fsp3) is 0.630. The maximum atomic E-state index is 12.5. The molecule has 0 amide bonds. The molecule has 9 nitrogen and oxygen atoms in total. The lowest BCUT2D eigenvalue weighted by atomic mass is 9.79. The Kier molecular flexibility index (Phi) is 13.8. The summed E-state index contributed by atoms with van der Waals surface area (Å²) in [6, 6.07) is 3.23. The number of esters is 3. The molecule has 202 valence electrons. The van der Waals surface area contributed by atoms with E-state index in [1.54, 1.807) is 19.9 Å². The predicted molar refractivity (Wildman–Crippen MR) is 135 cm³/mol. The number of nitrogens with two attached hydrogens (primary N) is 1. The lowest BCUT2D eigenvalue weighted by Gasteiger charge is -2.31. The Morgan fingerprint density at radius 3 is 1.89 bits per heavy atom. The van der Waals surface area contributed by atoms with E-state index in [1.807, 2.05) is 13.8 Å². The number of benzene rings is 1. The van der Waals surface area contributed by atoms with Gasteiger partial charge in [0.15, 0.2) is 11.5 Å². The van der Waals surface area contributed by atoms with Crippen molar-refractivity contribution in [2.24, 2.45) is 11.7 Å². The number of unbranched alkanes of at least 4 members (excludes halogenated alkanes) is 4. The fourth-order valence-electron chi connectivity index (χ4n) is 3.93. The summed E-state index contributed by atoms with van der Waals surface area (Å²) in [6.45, 7) is 8.72. The van der Waals surface area contributed by atoms with Crippen molar-refractivity contribution < 1.29 is 38.5 Å². The van der Waals surface area contributed by atoms with E-state index < -0.39 is 47.9 Å². The van der Waals surface area contributed by atoms with Crippen LogP contribution in [-0.4, -0.2) is 41.1 Å². The number of carboxylic acid groups (broad SMARTS) is 1. The molecule has 0 bridgehead atoms. The fourth-order valence-corrected chi connectivity index (χ4v) is 3.93. The first-order valence-corrected chi connectivity index (χ1v) is 12.7. The normalized spacial score (nSPS) is 14.3. The quantitative estimate of drug-likeness (QED) is 0.184. The van der Waals surface area contributed by atoms with E-state index >= 15 is 0 Å². The molecule has 1 rings (SSSR count). The zero-order valence-electron chi connectivity index (χ0n) is 22.1. The van der Waals surface area contributed by atoms with Gasteiger partial charge in [0.25, 0.3) is 0 Å². The highest BCUT2D eigenvalue weighted by Gasteiger charge is 2.35. The van der Waals surface area contributed by atoms with Gasteiger partial charge in [0.2, 0.25) is 0 Å². The van der Waals surface area contributed by atoms with E-state index in [1.165, 1.54) is 19.1 Å². The van der Waals surface area contributed by atoms with Gasteiger partial charge in [-0.3, -0.25) is 19.2 Å². The van der Waals surface area contributed by atoms with Crippen molar-refractivity contribution in [2.45, 2.75) is 104 Å². The first-order chi connectivity index (χ1) is 17.0. The second-order valence-electron chi connectivity index (χ2n) is 9.13. The van der Waals surface area contributed by atoms with Crippen molar-refractivity contribution in [3.05, 3.63) is 23.8 Å². The Morgan fingerprint density at radius 2 is 1.42 bits per heavy atom. The van der Waals surface area contributed by atoms with Crippen molar-refractivity contribution in [3.63, 3.8) is 0 Å². The average molecular weight is 508 g/mol. The average Bonchev–Trinajstić information content (AvgIpc) is 2.80. The van der Waals surface area contributed by atoms with Crippen molar-refractivity contribution in [3.8, 4) is 11.5 Å². The molecule has 0 aliphatic heterocycles. The molecule has 0 radical (unpaired) electrons. The summed E-state index contributed by atoms with van der Waals surface area (Å²) in [6.07, 6.45) is 4.78. The van der Waals surface area contributed by atoms with E-state index in [-0.39, 0.29) is 24.3 Å². The molecule has 1 aromatic rings. The third-order valence-electron chi connectivity index (χ3n) is 6.10. The predicted octanol–water partition coefficient (Wildman–Crippen LogP) is 4.74. The Labute approximate surface area is 213 Å². The minimum absolute atomic E-state index is 0.0211. The molecule has 0 fully saturated rings. The molecular formula is C27H41NO8. The second-order valence-corrected chi connectivity index (χ2v) is 9.13. The summed E-state index contributed by atoms with van der Waals surface area (Å²) in [5.74, 6) is -3.84. The van der Waals surface area contributed by atoms with Crippen LogP contribution in [-0.2, 0) is 23.9 Å². The molecule has 0 spiro atoms. The number of hydrogen-bond acceptors (Lipinski definition) is 8. The lowest BCUT2D eigenvalue weighted by Crippen LogP contribution is -2.42. The van der Waals surface area contributed by atoms with Gasteiger partial charge in [0.05, 0.1) is 0 Å². The van der Waals surface area contributed by atoms with Crippen LogP contribution in [0, 0.1) is 5.92 Å². The van der Waals surface area contributed by atoms with E-state index in [0.717, 1.165) is 25.7 Å². The van der Waals surface area contributed by atoms with E-state index in [0.29, 0.717) is 18.4 Å². The van der Waals surface area contributed by atoms with Crippen LogP contribution in [0.4, 0.5) is 0 Å². The molecule has 0 aromatic heterocycles. The lowest BCUT2D eigenvalue weighted by molar-refractivity contribution is -0.148. The van der Waals surface area contributed by atoms with E-state index in [9.17, 15) is 24.3 Å². The molecule has 0 aliphatic rings. The molecule has 0 saturated carbocycles. The maximum Gasteiger partial charge on any atom is 0.321 e. The van der Waals surface area contributed by atoms with Gasteiger partial charge in [-0.15, -0.1) is 0 Å². The van der Waals surface area contributed by atoms with Crippen molar-refractivity contribution >= 4 is 23.9 Å². The van der Waals surface area contributed by atoms with Gasteiger partial charge in [-0.2, -0.15) is 0 Å². The highest BCUT2D eigenvalue weighted by Crippen LogP contribution is 2.37. The maximum absolute atomic E-state index is 12.5. The molecule has 0 heterocycles. The number of ether oxygens (including phenoxy) is 3. The van der Waals surface area contributed by atoms with Crippen LogP contribution in [0.25, 0.3) is 0 Å². The minimum Gasteiger partial charge on any atom is -0.480 e. The number of rotatable bonds is 16. The summed E-state index contributed by atoms with van der Waals surface area (Å²) < 4.78 is 16.3. The monoisotopic (exact) mass is 507 g/mol. The molecule has 9 heteroatoms. The number of carbonyl (C=O) groups is 4. The Hall–Kier alpha value is -2.94. The minimum atomic E-state index is -1.33. The van der Waals surface area contributed by atoms with Gasteiger partial charge in [0.1, 0.15) is 12.1 Å². The largest absolute Gasteiger partial charge is 0.480 e. The van der Waals surface area contributed by atoms with Crippen molar-refractivity contribution in [1.82, 2.24) is 0 Å². The van der Waals surface area contributed by atoms with Crippen LogP contribution in [0.2, 0.25) is 0 Å². The van der Waals surface area contributed by atoms with Crippen LogP contribution in [0.3, 0.4) is 0 Å². The number of aliphatic carboxylic acids is 1. The van der Waals surface area contributed by atoms with Crippen LogP contribution < -0.4 is 15.2 Å². The first-order valence-electron chi connectivity index (χ1n) is 12.7. The first kappa shape index (κ1) is 31.1. The van der Waals surface area contributed by atoms with E-state index in [4.69, 9.17) is 19.9 Å². The van der Waals surface area contributed by atoms with Gasteiger partial charge >= 0.3 is 23.9 Å². The zero-order valence-corrected chi connectivity index (χ0v) is 22.1. The van der Waals surface area contributed by atoms with Gasteiger partial charge in [-0.1, -0.05) is 52.5 Å². The smallest absolute Gasteiger partial charge is 0.321 e. The molecular weight excluding hydrogens is 466 g/mol. The van der Waals surface area contributed by atoms with Crippen LogP contribution in [0.5, 0.6) is 11.5 Å². The van der Waals surface area contributed by atoms with Gasteiger partial charge < -0.3 is 25.1 Å². The molecule has 3 N–H and O–H groups in total. The summed E-state index contributed by atoms with van der Waals surface area (Å²) in [5, 5.41) is 9.65. The highest BCUT2D eigenvalue weighted by atomic mass is 16.6. The third kappa shape index (κ3) is 10.4. The molecule has 0 saturated heterocycles. The van der Waals surface area contributed by atoms with Crippen LogP contribution >= 0.6 is 0 Å². The van der Waals surface area contributed by atoms with Crippen molar-refractivity contribution in [2.75, 3.05) is 0 Å². The summed E-state index contributed by atoms with van der Waals surface area (Å²) in [4.78, 5) is 48.1. The van der Waals surface area contributed by atoms with Gasteiger partial charge in [-0.25, -0.2) is 0 Å². The molecule has 1 aromatic carbocycles. The molecule has 36 heavy (non-hydrogen) atoms. The topological polar surface area (TPSA) is 142 Å².